The molecule has 3 unspecified atom stereocenters. The molecule has 0 spiro atoms. The van der Waals surface area contributed by atoms with Crippen LogP contribution in [0.1, 0.15) is 39.0 Å². The molecule has 3 nitrogen and oxygen atoms in total. The number of hydrogen-bond acceptors (Lipinski definition) is 2. The number of rotatable bonds is 2. The number of carbonyl (C=O) groups is 1. The van der Waals surface area contributed by atoms with Crippen LogP contribution in [0.4, 0.5) is 0 Å². The van der Waals surface area contributed by atoms with Gasteiger partial charge < -0.3 is 5.11 Å². The Bertz CT molecular complexity index is 247. The van der Waals surface area contributed by atoms with E-state index in [9.17, 15) is 4.79 Å². The summed E-state index contributed by atoms with van der Waals surface area (Å²) < 4.78 is 0. The van der Waals surface area contributed by atoms with Crippen LogP contribution >= 0.6 is 12.4 Å². The fraction of sp³-hybridized carbons (Fsp3) is 0.917. The maximum Gasteiger partial charge on any atom is 0.317 e. The lowest BCUT2D eigenvalue weighted by Crippen LogP contribution is -2.49. The standard InChI is InChI=1S/C12H21NO2.ClH/c1-9-4-5-11-10(7-9)3-2-6-13(11)8-12(14)15;/h9-11H,2-8H2,1H3,(H,14,15);1H. The Balaban J connectivity index is 0.00000128. The molecule has 0 radical (unpaired) electrons. The van der Waals surface area contributed by atoms with Crippen LogP contribution in [0.15, 0.2) is 0 Å². The normalized spacial score (nSPS) is 34.9. The first kappa shape index (κ1) is 13.8. The summed E-state index contributed by atoms with van der Waals surface area (Å²) in [5.74, 6) is 0.937. The topological polar surface area (TPSA) is 40.5 Å². The zero-order valence-electron chi connectivity index (χ0n) is 9.89. The molecule has 1 N–H and O–H groups in total. The number of hydrogen-bond donors (Lipinski definition) is 1. The Hall–Kier alpha value is -0.280. The van der Waals surface area contributed by atoms with Crippen LogP contribution in [0.25, 0.3) is 0 Å². The van der Waals surface area contributed by atoms with Crippen LogP contribution < -0.4 is 0 Å². The van der Waals surface area contributed by atoms with Crippen molar-refractivity contribution in [3.63, 3.8) is 0 Å². The van der Waals surface area contributed by atoms with Crippen LogP contribution in [0, 0.1) is 11.8 Å². The van der Waals surface area contributed by atoms with Gasteiger partial charge in [0.05, 0.1) is 6.54 Å². The zero-order chi connectivity index (χ0) is 10.8. The van der Waals surface area contributed by atoms with Gasteiger partial charge in [-0.1, -0.05) is 6.92 Å². The number of carboxylic acids is 1. The number of halogens is 1. The number of piperidine rings is 1. The number of carboxylic acid groups (broad SMARTS) is 1. The van der Waals surface area contributed by atoms with Crippen molar-refractivity contribution in [3.05, 3.63) is 0 Å². The number of likely N-dealkylation sites (tertiary alicyclic amines) is 1. The minimum absolute atomic E-state index is 0. The Morgan fingerprint density at radius 1 is 1.38 bits per heavy atom. The third kappa shape index (κ3) is 3.11. The van der Waals surface area contributed by atoms with Crippen molar-refractivity contribution >= 4 is 18.4 Å². The fourth-order valence-electron chi connectivity index (χ4n) is 3.37. The quantitative estimate of drug-likeness (QED) is 0.815. The van der Waals surface area contributed by atoms with Gasteiger partial charge in [0.2, 0.25) is 0 Å². The van der Waals surface area contributed by atoms with Gasteiger partial charge >= 0.3 is 5.97 Å². The SMILES string of the molecule is CC1CCC2C(CCCN2CC(=O)O)C1.Cl. The summed E-state index contributed by atoms with van der Waals surface area (Å²) in [6, 6.07) is 0.561. The van der Waals surface area contributed by atoms with E-state index in [1.54, 1.807) is 0 Å². The zero-order valence-corrected chi connectivity index (χ0v) is 10.7. The van der Waals surface area contributed by atoms with Crippen molar-refractivity contribution in [3.8, 4) is 0 Å². The molecule has 1 aliphatic heterocycles. The molecular weight excluding hydrogens is 226 g/mol. The van der Waals surface area contributed by atoms with Crippen molar-refractivity contribution in [1.82, 2.24) is 4.90 Å². The van der Waals surface area contributed by atoms with E-state index in [2.05, 4.69) is 11.8 Å². The molecule has 94 valence electrons. The lowest BCUT2D eigenvalue weighted by molar-refractivity contribution is -0.140. The second-order valence-corrected chi connectivity index (χ2v) is 5.25. The minimum atomic E-state index is -0.672. The van der Waals surface area contributed by atoms with Crippen LogP contribution in [0.2, 0.25) is 0 Å². The first-order chi connectivity index (χ1) is 7.16. The van der Waals surface area contributed by atoms with E-state index in [0.717, 1.165) is 18.4 Å². The van der Waals surface area contributed by atoms with E-state index in [1.807, 2.05) is 0 Å². The Labute approximate surface area is 104 Å². The van der Waals surface area contributed by atoms with Crippen molar-refractivity contribution in [2.45, 2.75) is 45.1 Å². The van der Waals surface area contributed by atoms with Gasteiger partial charge in [-0.3, -0.25) is 9.69 Å². The predicted molar refractivity (Wildman–Crippen MR) is 66.0 cm³/mol. The second kappa shape index (κ2) is 5.87. The molecule has 0 amide bonds. The van der Waals surface area contributed by atoms with Gasteiger partial charge in [-0.2, -0.15) is 0 Å². The van der Waals surface area contributed by atoms with E-state index in [-0.39, 0.29) is 19.0 Å². The number of aliphatic carboxylic acids is 1. The summed E-state index contributed by atoms with van der Waals surface area (Å²) in [7, 11) is 0. The highest BCUT2D eigenvalue weighted by Crippen LogP contribution is 2.37. The van der Waals surface area contributed by atoms with Crippen molar-refractivity contribution < 1.29 is 9.90 Å². The van der Waals surface area contributed by atoms with E-state index in [4.69, 9.17) is 5.11 Å². The highest BCUT2D eigenvalue weighted by molar-refractivity contribution is 5.85. The molecule has 1 saturated carbocycles. The van der Waals surface area contributed by atoms with Gasteiger partial charge in [0.1, 0.15) is 0 Å². The third-order valence-electron chi connectivity index (χ3n) is 4.03. The lowest BCUT2D eigenvalue weighted by atomic mass is 9.74. The largest absolute Gasteiger partial charge is 0.480 e. The van der Waals surface area contributed by atoms with E-state index in [1.165, 1.54) is 32.1 Å². The summed E-state index contributed by atoms with van der Waals surface area (Å²) in [5, 5.41) is 8.87. The molecule has 2 rings (SSSR count). The van der Waals surface area contributed by atoms with E-state index >= 15 is 0 Å². The minimum Gasteiger partial charge on any atom is -0.480 e. The Morgan fingerprint density at radius 2 is 2.12 bits per heavy atom. The maximum absolute atomic E-state index is 10.8. The molecule has 0 bridgehead atoms. The van der Waals surface area contributed by atoms with Gasteiger partial charge in [-0.15, -0.1) is 12.4 Å². The summed E-state index contributed by atoms with van der Waals surface area (Å²) in [5.41, 5.74) is 0. The van der Waals surface area contributed by atoms with Crippen LogP contribution in [0.3, 0.4) is 0 Å². The molecule has 2 aliphatic rings. The van der Waals surface area contributed by atoms with Crippen LogP contribution in [0.5, 0.6) is 0 Å². The van der Waals surface area contributed by atoms with Crippen molar-refractivity contribution in [2.24, 2.45) is 11.8 Å². The van der Waals surface area contributed by atoms with Crippen LogP contribution in [-0.2, 0) is 4.79 Å². The van der Waals surface area contributed by atoms with Gasteiger partial charge in [0.15, 0.2) is 0 Å². The molecule has 2 fully saturated rings. The molecule has 4 heteroatoms. The molecular formula is C12H22ClNO2. The molecule has 0 aromatic rings. The highest BCUT2D eigenvalue weighted by atomic mass is 35.5. The highest BCUT2D eigenvalue weighted by Gasteiger charge is 2.35. The van der Waals surface area contributed by atoms with Gasteiger partial charge in [0, 0.05) is 6.04 Å². The van der Waals surface area contributed by atoms with Gasteiger partial charge in [-0.05, 0) is 50.5 Å². The molecule has 16 heavy (non-hydrogen) atoms. The number of fused-ring (bicyclic) bond motifs is 1. The summed E-state index contributed by atoms with van der Waals surface area (Å²) in [6.45, 7) is 3.56. The van der Waals surface area contributed by atoms with E-state index in [0.29, 0.717) is 6.04 Å². The summed E-state index contributed by atoms with van der Waals surface area (Å²) in [4.78, 5) is 13.0. The van der Waals surface area contributed by atoms with E-state index < -0.39 is 5.97 Å². The molecule has 3 atom stereocenters. The summed E-state index contributed by atoms with van der Waals surface area (Å²) >= 11 is 0. The molecule has 0 aromatic heterocycles. The average molecular weight is 248 g/mol. The van der Waals surface area contributed by atoms with Crippen molar-refractivity contribution in [1.29, 1.82) is 0 Å². The maximum atomic E-state index is 10.8. The Kier molecular flexibility index (Phi) is 5.06. The first-order valence-corrected chi connectivity index (χ1v) is 6.12. The second-order valence-electron chi connectivity index (χ2n) is 5.25. The molecule has 1 heterocycles. The van der Waals surface area contributed by atoms with Crippen LogP contribution in [-0.4, -0.2) is 35.1 Å². The smallest absolute Gasteiger partial charge is 0.317 e. The van der Waals surface area contributed by atoms with Crippen molar-refractivity contribution in [2.75, 3.05) is 13.1 Å². The third-order valence-corrected chi connectivity index (χ3v) is 4.03. The molecule has 1 saturated heterocycles. The lowest BCUT2D eigenvalue weighted by Gasteiger charge is -2.45. The molecule has 0 aromatic carbocycles. The average Bonchev–Trinajstić information content (AvgIpc) is 2.16. The number of nitrogens with zero attached hydrogens (tertiary/aromatic N) is 1. The van der Waals surface area contributed by atoms with Gasteiger partial charge in [0.25, 0.3) is 0 Å². The van der Waals surface area contributed by atoms with Gasteiger partial charge in [-0.25, -0.2) is 0 Å². The first-order valence-electron chi connectivity index (χ1n) is 6.12. The Morgan fingerprint density at radius 3 is 2.81 bits per heavy atom. The summed E-state index contributed by atoms with van der Waals surface area (Å²) in [6.07, 6.45) is 6.28. The monoisotopic (exact) mass is 247 g/mol. The predicted octanol–water partition coefficient (Wildman–Crippen LogP) is 2.39. The fourth-order valence-corrected chi connectivity index (χ4v) is 3.37. The molecule has 1 aliphatic carbocycles.